The van der Waals surface area contributed by atoms with Gasteiger partial charge in [0.1, 0.15) is 6.54 Å². The number of nitrogens with one attached hydrogen (secondary N) is 1. The number of Topliss-reactive ketones (excluding diaryl/α,β-unsaturated/α-hetero) is 1. The summed E-state index contributed by atoms with van der Waals surface area (Å²) in [5.74, 6) is 0.324. The molecule has 1 aliphatic carbocycles. The van der Waals surface area contributed by atoms with Gasteiger partial charge in [-0.2, -0.15) is 0 Å². The third-order valence-electron chi connectivity index (χ3n) is 5.19. The summed E-state index contributed by atoms with van der Waals surface area (Å²) < 4.78 is 6.89. The van der Waals surface area contributed by atoms with Gasteiger partial charge in [0.15, 0.2) is 5.78 Å². The van der Waals surface area contributed by atoms with Crippen LogP contribution in [-0.4, -0.2) is 36.5 Å². The summed E-state index contributed by atoms with van der Waals surface area (Å²) in [7, 11) is 1.65. The molecule has 1 saturated carbocycles. The molecule has 1 fully saturated rings. The maximum Gasteiger partial charge on any atom is 0.239 e. The SMILES string of the molecule is COCCCNC(=O)Cn1cc(C(=O)C2CCCCC2)c2ccccc21. The standard InChI is InChI=1S/C21H28N2O3/c1-26-13-7-12-22-20(24)15-23-14-18(17-10-5-6-11-19(17)23)21(25)16-8-3-2-4-9-16/h5-6,10-11,14,16H,2-4,7-9,12-13,15H2,1H3,(H,22,24). The number of rotatable bonds is 8. The Kier molecular flexibility index (Phi) is 6.45. The quantitative estimate of drug-likeness (QED) is 0.581. The summed E-state index contributed by atoms with van der Waals surface area (Å²) in [5.41, 5.74) is 1.71. The van der Waals surface area contributed by atoms with Gasteiger partial charge in [-0.05, 0) is 25.3 Å². The normalized spacial score (nSPS) is 15.3. The first-order valence-electron chi connectivity index (χ1n) is 9.58. The molecule has 1 aliphatic rings. The molecule has 1 N–H and O–H groups in total. The van der Waals surface area contributed by atoms with Crippen LogP contribution >= 0.6 is 0 Å². The molecule has 1 heterocycles. The number of benzene rings is 1. The van der Waals surface area contributed by atoms with Gasteiger partial charge in [0, 0.05) is 48.8 Å². The monoisotopic (exact) mass is 356 g/mol. The van der Waals surface area contributed by atoms with Crippen LogP contribution in [0, 0.1) is 5.92 Å². The lowest BCUT2D eigenvalue weighted by Gasteiger charge is -2.19. The fourth-order valence-corrected chi connectivity index (χ4v) is 3.81. The van der Waals surface area contributed by atoms with Crippen LogP contribution in [-0.2, 0) is 16.1 Å². The number of hydrogen-bond donors (Lipinski definition) is 1. The van der Waals surface area contributed by atoms with Gasteiger partial charge in [0.25, 0.3) is 0 Å². The van der Waals surface area contributed by atoms with E-state index >= 15 is 0 Å². The van der Waals surface area contributed by atoms with Gasteiger partial charge in [-0.1, -0.05) is 37.5 Å². The van der Waals surface area contributed by atoms with Crippen LogP contribution in [0.4, 0.5) is 0 Å². The molecule has 0 unspecified atom stereocenters. The van der Waals surface area contributed by atoms with Crippen LogP contribution in [0.5, 0.6) is 0 Å². The van der Waals surface area contributed by atoms with Crippen molar-refractivity contribution in [3.63, 3.8) is 0 Å². The predicted molar refractivity (Wildman–Crippen MR) is 102 cm³/mol. The number of ether oxygens (including phenoxy) is 1. The second kappa shape index (κ2) is 8.99. The molecular weight excluding hydrogens is 328 g/mol. The van der Waals surface area contributed by atoms with Crippen molar-refractivity contribution < 1.29 is 14.3 Å². The first-order valence-corrected chi connectivity index (χ1v) is 9.58. The Morgan fingerprint density at radius 2 is 1.96 bits per heavy atom. The lowest BCUT2D eigenvalue weighted by atomic mass is 9.84. The first-order chi connectivity index (χ1) is 12.7. The van der Waals surface area contributed by atoms with Crippen LogP contribution in [0.2, 0.25) is 0 Å². The molecule has 1 aromatic heterocycles. The highest BCUT2D eigenvalue weighted by Gasteiger charge is 2.25. The van der Waals surface area contributed by atoms with Gasteiger partial charge >= 0.3 is 0 Å². The topological polar surface area (TPSA) is 60.3 Å². The highest BCUT2D eigenvalue weighted by molar-refractivity contribution is 6.09. The number of para-hydroxylation sites is 1. The predicted octanol–water partition coefficient (Wildman–Crippen LogP) is 3.56. The minimum absolute atomic E-state index is 0.0430. The number of nitrogens with zero attached hydrogens (tertiary/aromatic N) is 1. The van der Waals surface area contributed by atoms with Crippen LogP contribution in [0.1, 0.15) is 48.9 Å². The van der Waals surface area contributed by atoms with Gasteiger partial charge < -0.3 is 14.6 Å². The fraction of sp³-hybridized carbons (Fsp3) is 0.524. The van der Waals surface area contributed by atoms with Gasteiger partial charge in [0.2, 0.25) is 5.91 Å². The van der Waals surface area contributed by atoms with E-state index in [0.29, 0.717) is 13.2 Å². The third-order valence-corrected chi connectivity index (χ3v) is 5.19. The lowest BCUT2D eigenvalue weighted by Crippen LogP contribution is -2.28. The largest absolute Gasteiger partial charge is 0.385 e. The molecule has 5 heteroatoms. The van der Waals surface area contributed by atoms with Crippen molar-refractivity contribution in [1.82, 2.24) is 9.88 Å². The Bertz CT molecular complexity index is 760. The third kappa shape index (κ3) is 4.33. The van der Waals surface area contributed by atoms with E-state index in [0.717, 1.165) is 48.6 Å². The Balaban J connectivity index is 1.76. The molecule has 5 nitrogen and oxygen atoms in total. The maximum atomic E-state index is 13.0. The minimum atomic E-state index is -0.0430. The average Bonchev–Trinajstić information content (AvgIpc) is 3.04. The summed E-state index contributed by atoms with van der Waals surface area (Å²) in [6.45, 7) is 1.46. The minimum Gasteiger partial charge on any atom is -0.385 e. The summed E-state index contributed by atoms with van der Waals surface area (Å²) in [4.78, 5) is 25.3. The highest BCUT2D eigenvalue weighted by Crippen LogP contribution is 2.30. The van der Waals surface area contributed by atoms with Crippen molar-refractivity contribution in [1.29, 1.82) is 0 Å². The van der Waals surface area contributed by atoms with E-state index < -0.39 is 0 Å². The first kappa shape index (κ1) is 18.6. The smallest absolute Gasteiger partial charge is 0.239 e. The van der Waals surface area contributed by atoms with Gasteiger partial charge in [0.05, 0.1) is 0 Å². The zero-order valence-corrected chi connectivity index (χ0v) is 15.5. The summed E-state index contributed by atoms with van der Waals surface area (Å²) in [6.07, 6.45) is 8.14. The van der Waals surface area contributed by atoms with Gasteiger partial charge in [-0.3, -0.25) is 9.59 Å². The Morgan fingerprint density at radius 3 is 2.73 bits per heavy atom. The van der Waals surface area contributed by atoms with Crippen LogP contribution in [0.15, 0.2) is 30.5 Å². The number of carbonyl (C=O) groups excluding carboxylic acids is 2. The lowest BCUT2D eigenvalue weighted by molar-refractivity contribution is -0.121. The number of carbonyl (C=O) groups is 2. The van der Waals surface area contributed by atoms with Gasteiger partial charge in [-0.25, -0.2) is 0 Å². The molecule has 1 aromatic carbocycles. The maximum absolute atomic E-state index is 13.0. The number of fused-ring (bicyclic) bond motifs is 1. The zero-order valence-electron chi connectivity index (χ0n) is 15.5. The molecule has 3 rings (SSSR count). The molecule has 0 spiro atoms. The Hall–Kier alpha value is -2.14. The van der Waals surface area contributed by atoms with E-state index in [1.165, 1.54) is 6.42 Å². The van der Waals surface area contributed by atoms with Crippen LogP contribution in [0.25, 0.3) is 10.9 Å². The summed E-state index contributed by atoms with van der Waals surface area (Å²) in [5, 5.41) is 3.86. The molecular formula is C21H28N2O3. The molecule has 0 saturated heterocycles. The number of amides is 1. The van der Waals surface area contributed by atoms with E-state index in [2.05, 4.69) is 5.32 Å². The van der Waals surface area contributed by atoms with Crippen LogP contribution < -0.4 is 5.32 Å². The van der Waals surface area contributed by atoms with Crippen molar-refractivity contribution in [2.45, 2.75) is 45.1 Å². The molecule has 1 amide bonds. The zero-order chi connectivity index (χ0) is 18.4. The molecule has 2 aromatic rings. The molecule has 0 atom stereocenters. The molecule has 26 heavy (non-hydrogen) atoms. The van der Waals surface area contributed by atoms with Gasteiger partial charge in [-0.15, -0.1) is 0 Å². The van der Waals surface area contributed by atoms with E-state index in [4.69, 9.17) is 4.74 Å². The van der Waals surface area contributed by atoms with E-state index in [1.807, 2.05) is 35.0 Å². The summed E-state index contributed by atoms with van der Waals surface area (Å²) in [6, 6.07) is 7.86. The Labute approximate surface area is 154 Å². The highest BCUT2D eigenvalue weighted by atomic mass is 16.5. The number of ketones is 1. The molecule has 0 bridgehead atoms. The average molecular weight is 356 g/mol. The van der Waals surface area contributed by atoms with E-state index in [1.54, 1.807) is 7.11 Å². The van der Waals surface area contributed by atoms with Crippen molar-refractivity contribution >= 4 is 22.6 Å². The van der Waals surface area contributed by atoms with E-state index in [-0.39, 0.29) is 24.2 Å². The van der Waals surface area contributed by atoms with Crippen LogP contribution in [0.3, 0.4) is 0 Å². The van der Waals surface area contributed by atoms with Crippen molar-refractivity contribution in [3.05, 3.63) is 36.0 Å². The Morgan fingerprint density at radius 1 is 1.19 bits per heavy atom. The number of hydrogen-bond acceptors (Lipinski definition) is 3. The molecule has 140 valence electrons. The van der Waals surface area contributed by atoms with Crippen molar-refractivity contribution in [3.8, 4) is 0 Å². The summed E-state index contributed by atoms with van der Waals surface area (Å²) >= 11 is 0. The van der Waals surface area contributed by atoms with Crippen molar-refractivity contribution in [2.75, 3.05) is 20.3 Å². The van der Waals surface area contributed by atoms with E-state index in [9.17, 15) is 9.59 Å². The molecule has 0 radical (unpaired) electrons. The fourth-order valence-electron chi connectivity index (χ4n) is 3.81. The second-order valence-corrected chi connectivity index (χ2v) is 7.08. The molecule has 0 aliphatic heterocycles. The number of methoxy groups -OCH3 is 1. The second-order valence-electron chi connectivity index (χ2n) is 7.08. The number of aromatic nitrogens is 1. The van der Waals surface area contributed by atoms with Crippen molar-refractivity contribution in [2.24, 2.45) is 5.92 Å².